The van der Waals surface area contributed by atoms with E-state index in [1.54, 1.807) is 19.2 Å². The molecule has 21 heavy (non-hydrogen) atoms. The lowest BCUT2D eigenvalue weighted by molar-refractivity contribution is -0.275. The molecular formula is C14H21F3N2O2. The van der Waals surface area contributed by atoms with Crippen LogP contribution in [0.25, 0.3) is 0 Å². The first-order valence-corrected chi connectivity index (χ1v) is 6.71. The van der Waals surface area contributed by atoms with Crippen molar-refractivity contribution < 1.29 is 22.6 Å². The third-order valence-electron chi connectivity index (χ3n) is 3.05. The Kier molecular flexibility index (Phi) is 6.94. The van der Waals surface area contributed by atoms with Crippen molar-refractivity contribution in [2.24, 2.45) is 5.73 Å². The first-order valence-electron chi connectivity index (χ1n) is 6.71. The van der Waals surface area contributed by atoms with Gasteiger partial charge in [-0.1, -0.05) is 18.2 Å². The second kappa shape index (κ2) is 8.21. The Morgan fingerprint density at radius 1 is 1.29 bits per heavy atom. The fourth-order valence-corrected chi connectivity index (χ4v) is 2.03. The van der Waals surface area contributed by atoms with Crippen LogP contribution >= 0.6 is 0 Å². The quantitative estimate of drug-likeness (QED) is 0.750. The summed E-state index contributed by atoms with van der Waals surface area (Å²) in [7, 11) is 1.79. The maximum Gasteiger partial charge on any atom is 0.573 e. The lowest BCUT2D eigenvalue weighted by atomic mass is 10.0. The highest BCUT2D eigenvalue weighted by Gasteiger charge is 2.33. The first kappa shape index (κ1) is 17.7. The number of hydrogen-bond donors (Lipinski definition) is 1. The number of ether oxygens (including phenoxy) is 2. The standard InChI is InChI=1S/C14H21F3N2O2/c1-3-20-9-8-19(2)12(10-18)11-6-4-5-7-13(11)21-14(15,16)17/h4-7,12H,3,8-10,18H2,1-2H3. The van der Waals surface area contributed by atoms with Crippen LogP contribution in [0, 0.1) is 0 Å². The Hall–Kier alpha value is -1.31. The molecule has 0 heterocycles. The van der Waals surface area contributed by atoms with Gasteiger partial charge in [0.25, 0.3) is 0 Å². The van der Waals surface area contributed by atoms with E-state index in [1.165, 1.54) is 12.1 Å². The fraction of sp³-hybridized carbons (Fsp3) is 0.571. The molecule has 2 N–H and O–H groups in total. The van der Waals surface area contributed by atoms with Crippen molar-refractivity contribution in [1.82, 2.24) is 4.90 Å². The zero-order chi connectivity index (χ0) is 15.9. The summed E-state index contributed by atoms with van der Waals surface area (Å²) in [6, 6.07) is 5.68. The van der Waals surface area contributed by atoms with Crippen molar-refractivity contribution >= 4 is 0 Å². The normalized spacial score (nSPS) is 13.5. The smallest absolute Gasteiger partial charge is 0.405 e. The van der Waals surface area contributed by atoms with Gasteiger partial charge >= 0.3 is 6.36 Å². The van der Waals surface area contributed by atoms with Crippen LogP contribution in [0.1, 0.15) is 18.5 Å². The van der Waals surface area contributed by atoms with Gasteiger partial charge in [-0.2, -0.15) is 0 Å². The molecule has 7 heteroatoms. The number of hydrogen-bond acceptors (Lipinski definition) is 4. The van der Waals surface area contributed by atoms with E-state index >= 15 is 0 Å². The molecule has 0 saturated carbocycles. The lowest BCUT2D eigenvalue weighted by Crippen LogP contribution is -2.33. The molecule has 0 radical (unpaired) electrons. The van der Waals surface area contributed by atoms with Crippen molar-refractivity contribution in [3.8, 4) is 5.75 Å². The number of halogens is 3. The minimum absolute atomic E-state index is 0.181. The van der Waals surface area contributed by atoms with Gasteiger partial charge in [0.2, 0.25) is 0 Å². The van der Waals surface area contributed by atoms with Gasteiger partial charge in [0.15, 0.2) is 0 Å². The summed E-state index contributed by atoms with van der Waals surface area (Å²) in [5.74, 6) is -0.219. The lowest BCUT2D eigenvalue weighted by Gasteiger charge is -2.28. The van der Waals surface area contributed by atoms with Crippen LogP contribution in [-0.4, -0.2) is 44.6 Å². The molecule has 1 aromatic carbocycles. The summed E-state index contributed by atoms with van der Waals surface area (Å²) in [6.45, 7) is 3.71. The van der Waals surface area contributed by atoms with E-state index in [-0.39, 0.29) is 18.3 Å². The van der Waals surface area contributed by atoms with Crippen molar-refractivity contribution in [3.63, 3.8) is 0 Å². The maximum absolute atomic E-state index is 12.5. The zero-order valence-electron chi connectivity index (χ0n) is 12.2. The van der Waals surface area contributed by atoms with E-state index in [1.807, 2.05) is 11.8 Å². The Morgan fingerprint density at radius 3 is 2.52 bits per heavy atom. The van der Waals surface area contributed by atoms with Crippen molar-refractivity contribution in [3.05, 3.63) is 29.8 Å². The third kappa shape index (κ3) is 5.91. The van der Waals surface area contributed by atoms with Gasteiger partial charge in [0, 0.05) is 25.3 Å². The minimum atomic E-state index is -4.72. The van der Waals surface area contributed by atoms with Gasteiger partial charge in [-0.3, -0.25) is 4.90 Å². The molecule has 1 rings (SSSR count). The number of likely N-dealkylation sites (N-methyl/N-ethyl adjacent to an activating group) is 1. The molecule has 0 spiro atoms. The topological polar surface area (TPSA) is 47.7 Å². The van der Waals surface area contributed by atoms with E-state index in [0.717, 1.165) is 0 Å². The zero-order valence-corrected chi connectivity index (χ0v) is 12.2. The second-order valence-corrected chi connectivity index (χ2v) is 4.51. The average Bonchev–Trinajstić information content (AvgIpc) is 2.40. The van der Waals surface area contributed by atoms with E-state index in [0.29, 0.717) is 25.3 Å². The van der Waals surface area contributed by atoms with Gasteiger partial charge < -0.3 is 15.2 Å². The highest BCUT2D eigenvalue weighted by Crippen LogP contribution is 2.32. The fourth-order valence-electron chi connectivity index (χ4n) is 2.03. The molecule has 0 fully saturated rings. The molecule has 120 valence electrons. The van der Waals surface area contributed by atoms with Crippen LogP contribution in [0.15, 0.2) is 24.3 Å². The van der Waals surface area contributed by atoms with Gasteiger partial charge in [-0.25, -0.2) is 0 Å². The number of para-hydroxylation sites is 1. The summed E-state index contributed by atoms with van der Waals surface area (Å²) >= 11 is 0. The molecule has 4 nitrogen and oxygen atoms in total. The van der Waals surface area contributed by atoms with Crippen LogP contribution in [0.5, 0.6) is 5.75 Å². The highest BCUT2D eigenvalue weighted by atomic mass is 19.4. The molecular weight excluding hydrogens is 285 g/mol. The number of benzene rings is 1. The molecule has 0 aliphatic carbocycles. The Labute approximate surface area is 122 Å². The molecule has 1 aromatic rings. The Balaban J connectivity index is 2.89. The number of rotatable bonds is 8. The van der Waals surface area contributed by atoms with E-state index < -0.39 is 6.36 Å². The van der Waals surface area contributed by atoms with Crippen LogP contribution < -0.4 is 10.5 Å². The summed E-state index contributed by atoms with van der Waals surface area (Å²) in [6.07, 6.45) is -4.72. The van der Waals surface area contributed by atoms with E-state index in [9.17, 15) is 13.2 Å². The van der Waals surface area contributed by atoms with Gasteiger partial charge in [-0.15, -0.1) is 13.2 Å². The Morgan fingerprint density at radius 2 is 1.95 bits per heavy atom. The Bertz CT molecular complexity index is 427. The van der Waals surface area contributed by atoms with Crippen molar-refractivity contribution in [2.75, 3.05) is 33.4 Å². The van der Waals surface area contributed by atoms with Gasteiger partial charge in [-0.05, 0) is 20.0 Å². The summed E-state index contributed by atoms with van der Waals surface area (Å²) < 4.78 is 46.7. The number of alkyl halides is 3. The SMILES string of the molecule is CCOCCN(C)C(CN)c1ccccc1OC(F)(F)F. The van der Waals surface area contributed by atoms with E-state index in [4.69, 9.17) is 10.5 Å². The average molecular weight is 306 g/mol. The van der Waals surface area contributed by atoms with Crippen LogP contribution in [0.4, 0.5) is 13.2 Å². The van der Waals surface area contributed by atoms with Crippen molar-refractivity contribution in [2.45, 2.75) is 19.3 Å². The largest absolute Gasteiger partial charge is 0.573 e. The summed E-state index contributed by atoms with van der Waals surface area (Å²) in [5, 5.41) is 0. The summed E-state index contributed by atoms with van der Waals surface area (Å²) in [4.78, 5) is 1.86. The van der Waals surface area contributed by atoms with Crippen molar-refractivity contribution in [1.29, 1.82) is 0 Å². The van der Waals surface area contributed by atoms with Gasteiger partial charge in [0.05, 0.1) is 12.6 Å². The molecule has 0 aromatic heterocycles. The molecule has 1 atom stereocenters. The van der Waals surface area contributed by atoms with Crippen LogP contribution in [0.2, 0.25) is 0 Å². The predicted octanol–water partition coefficient (Wildman–Crippen LogP) is 2.55. The van der Waals surface area contributed by atoms with E-state index in [2.05, 4.69) is 4.74 Å². The molecule has 0 amide bonds. The highest BCUT2D eigenvalue weighted by molar-refractivity contribution is 5.36. The van der Waals surface area contributed by atoms with Crippen LogP contribution in [0.3, 0.4) is 0 Å². The number of nitrogens with zero attached hydrogens (tertiary/aromatic N) is 1. The van der Waals surface area contributed by atoms with Gasteiger partial charge in [0.1, 0.15) is 5.75 Å². The molecule has 0 aliphatic rings. The monoisotopic (exact) mass is 306 g/mol. The van der Waals surface area contributed by atoms with Crippen LogP contribution in [-0.2, 0) is 4.74 Å². The second-order valence-electron chi connectivity index (χ2n) is 4.51. The number of nitrogens with two attached hydrogens (primary N) is 1. The maximum atomic E-state index is 12.5. The molecule has 0 saturated heterocycles. The predicted molar refractivity (Wildman–Crippen MR) is 74.0 cm³/mol. The first-order chi connectivity index (χ1) is 9.89. The third-order valence-corrected chi connectivity index (χ3v) is 3.05. The molecule has 1 unspecified atom stereocenters. The molecule has 0 bridgehead atoms. The summed E-state index contributed by atoms with van der Waals surface area (Å²) in [5.41, 5.74) is 6.14. The minimum Gasteiger partial charge on any atom is -0.405 e. The molecule has 0 aliphatic heterocycles.